The Hall–Kier alpha value is -0.0400. The quantitative estimate of drug-likeness (QED) is 0.714. The first kappa shape index (κ1) is 12.0. The molecule has 0 radical (unpaired) electrons. The molecule has 1 nitrogen and oxygen atoms in total. The molecule has 1 fully saturated rings. The van der Waals surface area contributed by atoms with Crippen molar-refractivity contribution < 1.29 is 0 Å². The Bertz CT molecular complexity index is 136. The van der Waals surface area contributed by atoms with Crippen LogP contribution in [0.15, 0.2) is 0 Å². The first-order chi connectivity index (χ1) is 6.77. The van der Waals surface area contributed by atoms with Crippen LogP contribution in [0, 0.1) is 11.8 Å². The van der Waals surface area contributed by atoms with Gasteiger partial charge < -0.3 is 5.73 Å². The molecular formula is C13H27N. The molecule has 0 spiro atoms. The van der Waals surface area contributed by atoms with Gasteiger partial charge in [0.25, 0.3) is 0 Å². The fourth-order valence-corrected chi connectivity index (χ4v) is 2.88. The molecule has 0 amide bonds. The first-order valence-electron chi connectivity index (χ1n) is 6.53. The molecule has 0 aliphatic heterocycles. The van der Waals surface area contributed by atoms with E-state index in [4.69, 9.17) is 5.73 Å². The zero-order valence-corrected chi connectivity index (χ0v) is 9.97. The Morgan fingerprint density at radius 2 is 1.71 bits per heavy atom. The van der Waals surface area contributed by atoms with Crippen LogP contribution in [0.25, 0.3) is 0 Å². The molecular weight excluding hydrogens is 170 g/mol. The standard InChI is InChI=1S/C13H27N/c1-3-5-11-7-9-12(10-8-11)13(14)6-4-2/h11-13H,3-10,14H2,1-2H3. The van der Waals surface area contributed by atoms with Crippen molar-refractivity contribution in [2.75, 3.05) is 0 Å². The van der Waals surface area contributed by atoms with Crippen LogP contribution in [0.4, 0.5) is 0 Å². The van der Waals surface area contributed by atoms with Gasteiger partial charge in [0.2, 0.25) is 0 Å². The van der Waals surface area contributed by atoms with Crippen LogP contribution < -0.4 is 5.73 Å². The SMILES string of the molecule is CCCC1CCC(C(N)CCC)CC1. The van der Waals surface area contributed by atoms with E-state index >= 15 is 0 Å². The smallest absolute Gasteiger partial charge is 0.00670 e. The summed E-state index contributed by atoms with van der Waals surface area (Å²) < 4.78 is 0. The summed E-state index contributed by atoms with van der Waals surface area (Å²) in [4.78, 5) is 0. The summed E-state index contributed by atoms with van der Waals surface area (Å²) in [5.41, 5.74) is 6.18. The second-order valence-electron chi connectivity index (χ2n) is 5.02. The van der Waals surface area contributed by atoms with Gasteiger partial charge in [0.1, 0.15) is 0 Å². The number of hydrogen-bond donors (Lipinski definition) is 1. The number of rotatable bonds is 5. The summed E-state index contributed by atoms with van der Waals surface area (Å²) >= 11 is 0. The van der Waals surface area contributed by atoms with Crippen LogP contribution in [0.3, 0.4) is 0 Å². The topological polar surface area (TPSA) is 26.0 Å². The lowest BCUT2D eigenvalue weighted by atomic mass is 9.76. The third-order valence-corrected chi connectivity index (χ3v) is 3.82. The Morgan fingerprint density at radius 3 is 2.21 bits per heavy atom. The molecule has 1 heteroatoms. The summed E-state index contributed by atoms with van der Waals surface area (Å²) in [7, 11) is 0. The van der Waals surface area contributed by atoms with E-state index in [2.05, 4.69) is 13.8 Å². The Kier molecular flexibility index (Phi) is 5.54. The lowest BCUT2D eigenvalue weighted by molar-refractivity contribution is 0.227. The molecule has 0 heterocycles. The van der Waals surface area contributed by atoms with E-state index in [0.29, 0.717) is 6.04 Å². The van der Waals surface area contributed by atoms with Gasteiger partial charge >= 0.3 is 0 Å². The highest BCUT2D eigenvalue weighted by atomic mass is 14.6. The largest absolute Gasteiger partial charge is 0.327 e. The molecule has 1 rings (SSSR count). The van der Waals surface area contributed by atoms with Crippen LogP contribution in [0.5, 0.6) is 0 Å². The minimum absolute atomic E-state index is 0.488. The van der Waals surface area contributed by atoms with E-state index in [-0.39, 0.29) is 0 Å². The summed E-state index contributed by atoms with van der Waals surface area (Å²) in [6.45, 7) is 4.54. The number of hydrogen-bond acceptors (Lipinski definition) is 1. The van der Waals surface area contributed by atoms with Gasteiger partial charge in [-0.25, -0.2) is 0 Å². The molecule has 84 valence electrons. The number of nitrogens with two attached hydrogens (primary N) is 1. The van der Waals surface area contributed by atoms with E-state index < -0.39 is 0 Å². The highest BCUT2D eigenvalue weighted by Gasteiger charge is 2.24. The van der Waals surface area contributed by atoms with Crippen LogP contribution in [0.2, 0.25) is 0 Å². The van der Waals surface area contributed by atoms with E-state index in [9.17, 15) is 0 Å². The van der Waals surface area contributed by atoms with Gasteiger partial charge in [-0.1, -0.05) is 46.0 Å². The van der Waals surface area contributed by atoms with Crippen LogP contribution in [0.1, 0.15) is 65.2 Å². The average Bonchev–Trinajstić information content (AvgIpc) is 2.20. The van der Waals surface area contributed by atoms with Crippen molar-refractivity contribution in [3.05, 3.63) is 0 Å². The van der Waals surface area contributed by atoms with Crippen molar-refractivity contribution in [2.24, 2.45) is 17.6 Å². The highest BCUT2D eigenvalue weighted by Crippen LogP contribution is 2.33. The van der Waals surface area contributed by atoms with Gasteiger partial charge in [0.05, 0.1) is 0 Å². The fourth-order valence-electron chi connectivity index (χ4n) is 2.88. The van der Waals surface area contributed by atoms with Gasteiger partial charge in [-0.3, -0.25) is 0 Å². The first-order valence-corrected chi connectivity index (χ1v) is 6.53. The maximum absolute atomic E-state index is 6.18. The maximum atomic E-state index is 6.18. The van der Waals surface area contributed by atoms with Crippen LogP contribution in [-0.2, 0) is 0 Å². The molecule has 1 saturated carbocycles. The second kappa shape index (κ2) is 6.44. The molecule has 1 aliphatic rings. The Morgan fingerprint density at radius 1 is 1.07 bits per heavy atom. The maximum Gasteiger partial charge on any atom is 0.00670 e. The monoisotopic (exact) mass is 197 g/mol. The van der Waals surface area contributed by atoms with E-state index in [1.54, 1.807) is 0 Å². The average molecular weight is 197 g/mol. The molecule has 1 unspecified atom stereocenters. The van der Waals surface area contributed by atoms with Crippen molar-refractivity contribution in [1.29, 1.82) is 0 Å². The molecule has 0 aromatic rings. The molecule has 0 aromatic heterocycles. The zero-order valence-electron chi connectivity index (χ0n) is 9.97. The Labute approximate surface area is 89.5 Å². The van der Waals surface area contributed by atoms with Crippen molar-refractivity contribution in [1.82, 2.24) is 0 Å². The van der Waals surface area contributed by atoms with Crippen molar-refractivity contribution in [3.63, 3.8) is 0 Å². The van der Waals surface area contributed by atoms with Gasteiger partial charge in [0.15, 0.2) is 0 Å². The molecule has 1 aliphatic carbocycles. The zero-order chi connectivity index (χ0) is 10.4. The Balaban J connectivity index is 2.21. The van der Waals surface area contributed by atoms with E-state index in [1.165, 1.54) is 51.4 Å². The molecule has 0 saturated heterocycles. The lowest BCUT2D eigenvalue weighted by Gasteiger charge is -2.32. The minimum Gasteiger partial charge on any atom is -0.327 e. The molecule has 14 heavy (non-hydrogen) atoms. The summed E-state index contributed by atoms with van der Waals surface area (Å²) in [5, 5.41) is 0. The minimum atomic E-state index is 0.488. The summed E-state index contributed by atoms with van der Waals surface area (Å²) in [5.74, 6) is 1.85. The normalized spacial score (nSPS) is 30.2. The molecule has 1 atom stereocenters. The van der Waals surface area contributed by atoms with Crippen LogP contribution >= 0.6 is 0 Å². The molecule has 0 bridgehead atoms. The predicted molar refractivity (Wildman–Crippen MR) is 63.2 cm³/mol. The lowest BCUT2D eigenvalue weighted by Crippen LogP contribution is -2.32. The van der Waals surface area contributed by atoms with Gasteiger partial charge in [0, 0.05) is 6.04 Å². The highest BCUT2D eigenvalue weighted by molar-refractivity contribution is 4.79. The van der Waals surface area contributed by atoms with Gasteiger partial charge in [-0.05, 0) is 31.1 Å². The third-order valence-electron chi connectivity index (χ3n) is 3.82. The fraction of sp³-hybridized carbons (Fsp3) is 1.00. The van der Waals surface area contributed by atoms with Crippen LogP contribution in [-0.4, -0.2) is 6.04 Å². The van der Waals surface area contributed by atoms with E-state index in [1.807, 2.05) is 0 Å². The summed E-state index contributed by atoms with van der Waals surface area (Å²) in [6.07, 6.45) is 10.9. The molecule has 0 aromatic carbocycles. The van der Waals surface area contributed by atoms with E-state index in [0.717, 1.165) is 11.8 Å². The third kappa shape index (κ3) is 3.61. The summed E-state index contributed by atoms with van der Waals surface area (Å²) in [6, 6.07) is 0.488. The van der Waals surface area contributed by atoms with Crippen molar-refractivity contribution >= 4 is 0 Å². The van der Waals surface area contributed by atoms with Gasteiger partial charge in [-0.15, -0.1) is 0 Å². The second-order valence-corrected chi connectivity index (χ2v) is 5.02. The van der Waals surface area contributed by atoms with Crippen molar-refractivity contribution in [2.45, 2.75) is 71.3 Å². The molecule has 2 N–H and O–H groups in total. The predicted octanol–water partition coefficient (Wildman–Crippen LogP) is 3.72. The van der Waals surface area contributed by atoms with Gasteiger partial charge in [-0.2, -0.15) is 0 Å². The van der Waals surface area contributed by atoms with Crippen molar-refractivity contribution in [3.8, 4) is 0 Å².